The summed E-state index contributed by atoms with van der Waals surface area (Å²) in [5.41, 5.74) is 1.37. The van der Waals surface area contributed by atoms with Crippen LogP contribution in [0.4, 0.5) is 0 Å². The predicted octanol–water partition coefficient (Wildman–Crippen LogP) is 1.95. The Hall–Kier alpha value is -0.610. The summed E-state index contributed by atoms with van der Waals surface area (Å²) in [6.07, 6.45) is 0. The number of thiophene rings is 1. The van der Waals surface area contributed by atoms with Gasteiger partial charge in [0.25, 0.3) is 0 Å². The molecule has 0 radical (unpaired) electrons. The summed E-state index contributed by atoms with van der Waals surface area (Å²) in [4.78, 5) is 0. The molecule has 1 aromatic rings. The number of hydrogen-bond acceptors (Lipinski definition) is 2. The fourth-order valence-electron chi connectivity index (χ4n) is 1.01. The van der Waals surface area contributed by atoms with Crippen LogP contribution in [0.3, 0.4) is 0 Å². The fourth-order valence-corrected chi connectivity index (χ4v) is 1.87. The smallest absolute Gasteiger partial charge is 0.166 e. The van der Waals surface area contributed by atoms with Crippen molar-refractivity contribution in [3.05, 3.63) is 22.4 Å². The quantitative estimate of drug-likeness (QED) is 0.752. The second-order valence-electron chi connectivity index (χ2n) is 2.92. The van der Waals surface area contributed by atoms with E-state index in [9.17, 15) is 0 Å². The van der Waals surface area contributed by atoms with Crippen molar-refractivity contribution in [3.63, 3.8) is 0 Å². The lowest BCUT2D eigenvalue weighted by Crippen LogP contribution is -2.34. The van der Waals surface area contributed by atoms with E-state index >= 15 is 0 Å². The van der Waals surface area contributed by atoms with E-state index in [4.69, 9.17) is 12.2 Å². The van der Waals surface area contributed by atoms with Crippen molar-refractivity contribution in [2.45, 2.75) is 12.8 Å². The van der Waals surface area contributed by atoms with E-state index in [2.05, 4.69) is 34.4 Å². The van der Waals surface area contributed by atoms with E-state index in [0.29, 0.717) is 11.0 Å². The first kappa shape index (κ1) is 10.5. The van der Waals surface area contributed by atoms with Crippen molar-refractivity contribution in [3.8, 4) is 0 Å². The Morgan fingerprint density at radius 3 is 3.00 bits per heavy atom. The molecule has 0 amide bonds. The maximum Gasteiger partial charge on any atom is 0.166 e. The van der Waals surface area contributed by atoms with E-state index in [1.165, 1.54) is 5.56 Å². The van der Waals surface area contributed by atoms with Crippen molar-refractivity contribution in [1.82, 2.24) is 10.6 Å². The lowest BCUT2D eigenvalue weighted by Gasteiger charge is -2.12. The standard InChI is InChI=1S/C9H14N2S2/c1-7(5-11-9(12)10-2)8-3-4-13-6-8/h3-4,6-7H,5H2,1-2H3,(H2,10,11,12). The Kier molecular flexibility index (Phi) is 4.18. The van der Waals surface area contributed by atoms with Gasteiger partial charge in [-0.2, -0.15) is 11.3 Å². The van der Waals surface area contributed by atoms with Gasteiger partial charge in [-0.05, 0) is 40.5 Å². The molecular formula is C9H14N2S2. The van der Waals surface area contributed by atoms with Gasteiger partial charge in [0, 0.05) is 13.6 Å². The first-order valence-corrected chi connectivity index (χ1v) is 5.57. The van der Waals surface area contributed by atoms with Crippen LogP contribution in [-0.2, 0) is 0 Å². The van der Waals surface area contributed by atoms with E-state index in [-0.39, 0.29) is 0 Å². The van der Waals surface area contributed by atoms with Crippen molar-refractivity contribution < 1.29 is 0 Å². The van der Waals surface area contributed by atoms with Crippen LogP contribution in [0.1, 0.15) is 18.4 Å². The van der Waals surface area contributed by atoms with Crippen LogP contribution < -0.4 is 10.6 Å². The van der Waals surface area contributed by atoms with Crippen LogP contribution in [0.25, 0.3) is 0 Å². The Balaban J connectivity index is 2.34. The molecule has 72 valence electrons. The van der Waals surface area contributed by atoms with Crippen LogP contribution in [0.5, 0.6) is 0 Å². The molecule has 13 heavy (non-hydrogen) atoms. The Morgan fingerprint density at radius 2 is 2.46 bits per heavy atom. The number of rotatable bonds is 3. The molecule has 2 N–H and O–H groups in total. The van der Waals surface area contributed by atoms with Crippen LogP contribution in [0.2, 0.25) is 0 Å². The molecule has 1 atom stereocenters. The SMILES string of the molecule is CNC(=S)NCC(C)c1ccsc1. The highest BCUT2D eigenvalue weighted by atomic mass is 32.1. The number of thiocarbonyl (C=S) groups is 1. The molecule has 1 unspecified atom stereocenters. The second-order valence-corrected chi connectivity index (χ2v) is 4.11. The van der Waals surface area contributed by atoms with Crippen LogP contribution in [-0.4, -0.2) is 18.7 Å². The normalized spacial score (nSPS) is 12.2. The van der Waals surface area contributed by atoms with E-state index < -0.39 is 0 Å². The molecule has 0 aliphatic heterocycles. The number of hydrogen-bond donors (Lipinski definition) is 2. The van der Waals surface area contributed by atoms with Gasteiger partial charge in [-0.3, -0.25) is 0 Å². The van der Waals surface area contributed by atoms with Gasteiger partial charge in [0.1, 0.15) is 0 Å². The molecule has 0 saturated heterocycles. The van der Waals surface area contributed by atoms with Gasteiger partial charge in [-0.25, -0.2) is 0 Å². The largest absolute Gasteiger partial charge is 0.366 e. The molecule has 1 heterocycles. The van der Waals surface area contributed by atoms with E-state index in [1.54, 1.807) is 11.3 Å². The maximum atomic E-state index is 4.98. The average molecular weight is 214 g/mol. The zero-order valence-electron chi connectivity index (χ0n) is 7.83. The van der Waals surface area contributed by atoms with Crippen molar-refractivity contribution >= 4 is 28.7 Å². The third-order valence-electron chi connectivity index (χ3n) is 1.91. The van der Waals surface area contributed by atoms with Crippen LogP contribution in [0, 0.1) is 0 Å². The highest BCUT2D eigenvalue weighted by molar-refractivity contribution is 7.80. The summed E-state index contributed by atoms with van der Waals surface area (Å²) in [5, 5.41) is 11.0. The Labute approximate surface area is 88.4 Å². The minimum absolute atomic E-state index is 0.512. The molecular weight excluding hydrogens is 200 g/mol. The summed E-state index contributed by atoms with van der Waals surface area (Å²) < 4.78 is 0. The van der Waals surface area contributed by atoms with Gasteiger partial charge in [0.2, 0.25) is 0 Å². The molecule has 0 aliphatic carbocycles. The van der Waals surface area contributed by atoms with Gasteiger partial charge >= 0.3 is 0 Å². The topological polar surface area (TPSA) is 24.1 Å². The molecule has 0 saturated carbocycles. The van der Waals surface area contributed by atoms with Gasteiger partial charge < -0.3 is 10.6 Å². The molecule has 1 rings (SSSR count). The lowest BCUT2D eigenvalue weighted by molar-refractivity contribution is 0.718. The minimum Gasteiger partial charge on any atom is -0.366 e. The van der Waals surface area contributed by atoms with Crippen molar-refractivity contribution in [2.75, 3.05) is 13.6 Å². The average Bonchev–Trinajstić information content (AvgIpc) is 2.66. The van der Waals surface area contributed by atoms with E-state index in [0.717, 1.165) is 6.54 Å². The molecule has 2 nitrogen and oxygen atoms in total. The molecule has 0 bridgehead atoms. The summed E-state index contributed by atoms with van der Waals surface area (Å²) in [5.74, 6) is 0.512. The van der Waals surface area contributed by atoms with Gasteiger partial charge in [0.05, 0.1) is 0 Å². The molecule has 1 aromatic heterocycles. The van der Waals surface area contributed by atoms with Gasteiger partial charge in [-0.1, -0.05) is 6.92 Å². The predicted molar refractivity (Wildman–Crippen MR) is 62.4 cm³/mol. The van der Waals surface area contributed by atoms with Gasteiger partial charge in [-0.15, -0.1) is 0 Å². The molecule has 0 fully saturated rings. The summed E-state index contributed by atoms with van der Waals surface area (Å²) in [7, 11) is 1.82. The maximum absolute atomic E-state index is 4.98. The van der Waals surface area contributed by atoms with Crippen molar-refractivity contribution in [2.24, 2.45) is 0 Å². The third-order valence-corrected chi connectivity index (χ3v) is 2.96. The molecule has 0 aromatic carbocycles. The number of nitrogens with one attached hydrogen (secondary N) is 2. The van der Waals surface area contributed by atoms with E-state index in [1.807, 2.05) is 7.05 Å². The highest BCUT2D eigenvalue weighted by Crippen LogP contribution is 2.16. The minimum atomic E-state index is 0.512. The van der Waals surface area contributed by atoms with Crippen LogP contribution in [0.15, 0.2) is 16.8 Å². The van der Waals surface area contributed by atoms with Gasteiger partial charge in [0.15, 0.2) is 5.11 Å². The van der Waals surface area contributed by atoms with Crippen LogP contribution >= 0.6 is 23.6 Å². The monoisotopic (exact) mass is 214 g/mol. The Morgan fingerprint density at radius 1 is 1.69 bits per heavy atom. The molecule has 4 heteroatoms. The second kappa shape index (κ2) is 5.19. The zero-order valence-corrected chi connectivity index (χ0v) is 9.47. The summed E-state index contributed by atoms with van der Waals surface area (Å²) in [6, 6.07) is 2.15. The summed E-state index contributed by atoms with van der Waals surface area (Å²) >= 11 is 6.72. The first-order valence-electron chi connectivity index (χ1n) is 4.21. The zero-order chi connectivity index (χ0) is 9.68. The Bertz CT molecular complexity index is 257. The summed E-state index contributed by atoms with van der Waals surface area (Å²) in [6.45, 7) is 3.07. The highest BCUT2D eigenvalue weighted by Gasteiger charge is 2.05. The third kappa shape index (κ3) is 3.32. The first-order chi connectivity index (χ1) is 6.24. The lowest BCUT2D eigenvalue weighted by atomic mass is 10.1. The fraction of sp³-hybridized carbons (Fsp3) is 0.444. The molecule has 0 aliphatic rings. The molecule has 0 spiro atoms. The van der Waals surface area contributed by atoms with Crippen molar-refractivity contribution in [1.29, 1.82) is 0 Å².